The van der Waals surface area contributed by atoms with Crippen LogP contribution in [0.15, 0.2) is 58.3 Å². The van der Waals surface area contributed by atoms with Crippen molar-refractivity contribution in [2.24, 2.45) is 0 Å². The molecule has 0 atom stereocenters. The summed E-state index contributed by atoms with van der Waals surface area (Å²) in [6.45, 7) is 0. The molecule has 0 unspecified atom stereocenters. The van der Waals surface area contributed by atoms with Gasteiger partial charge in [0.25, 0.3) is 0 Å². The number of hydrogen-bond donors (Lipinski definition) is 2. The van der Waals surface area contributed by atoms with Crippen LogP contribution in [0.2, 0.25) is 0 Å². The predicted octanol–water partition coefficient (Wildman–Crippen LogP) is 0.417. The van der Waals surface area contributed by atoms with E-state index in [1.165, 1.54) is 15.2 Å². The molecule has 1 aromatic heterocycles. The first-order valence-corrected chi connectivity index (χ1v) is 10.6. The number of fused-ring (bicyclic) bond motifs is 1. The predicted molar refractivity (Wildman–Crippen MR) is 79.5 cm³/mol. The van der Waals surface area contributed by atoms with E-state index in [-0.39, 0.29) is 0 Å². The number of rotatable bonds is 5. The maximum absolute atomic E-state index is 12.4. The molecule has 3 rings (SSSR count). The quantitative estimate of drug-likeness (QED) is 0.415. The van der Waals surface area contributed by atoms with Crippen molar-refractivity contribution in [3.05, 3.63) is 48.5 Å². The molecular formula is C12H10AgN4O5S2. The van der Waals surface area contributed by atoms with Gasteiger partial charge in [-0.05, 0) is 0 Å². The number of para-hydroxylation sites is 1. The molecule has 0 aliphatic carbocycles. The number of benzene rings is 2. The summed E-state index contributed by atoms with van der Waals surface area (Å²) in [6.07, 6.45) is 0. The number of nitrogens with one attached hydrogen (secondary N) is 1. The third kappa shape index (κ3) is 3.42. The van der Waals surface area contributed by atoms with E-state index in [0.29, 0.717) is 11.0 Å². The Labute approximate surface area is 147 Å². The second-order valence-electron chi connectivity index (χ2n) is 4.46. The monoisotopic (exact) mass is 461 g/mol. The summed E-state index contributed by atoms with van der Waals surface area (Å²) in [5.74, 6) is 0. The van der Waals surface area contributed by atoms with Gasteiger partial charge in [0.15, 0.2) is 0 Å². The molecule has 12 heteroatoms. The summed E-state index contributed by atoms with van der Waals surface area (Å²) in [7, 11) is -8.86. The molecule has 24 heavy (non-hydrogen) atoms. The molecule has 0 saturated heterocycles. The van der Waals surface area contributed by atoms with Gasteiger partial charge in [0.1, 0.15) is 0 Å². The molecule has 9 nitrogen and oxygen atoms in total. The van der Waals surface area contributed by atoms with Gasteiger partial charge in [-0.25, -0.2) is 0 Å². The van der Waals surface area contributed by atoms with Crippen molar-refractivity contribution in [2.45, 2.75) is 9.79 Å². The molecule has 131 valence electrons. The van der Waals surface area contributed by atoms with E-state index in [0.717, 1.165) is 12.1 Å². The first-order chi connectivity index (χ1) is 11.3. The van der Waals surface area contributed by atoms with E-state index in [1.807, 2.05) is 0 Å². The second kappa shape index (κ2) is 6.37. The summed E-state index contributed by atoms with van der Waals surface area (Å²) < 4.78 is 60.3. The fourth-order valence-corrected chi connectivity index (χ4v) is 5.85. The van der Waals surface area contributed by atoms with Crippen LogP contribution >= 0.6 is 0 Å². The van der Waals surface area contributed by atoms with Crippen LogP contribution in [-0.2, 0) is 40.4 Å². The molecule has 2 aromatic carbocycles. The van der Waals surface area contributed by atoms with Gasteiger partial charge in [-0.1, -0.05) is 0 Å². The van der Waals surface area contributed by atoms with E-state index in [1.54, 1.807) is 24.3 Å². The van der Waals surface area contributed by atoms with Gasteiger partial charge in [0.2, 0.25) is 0 Å². The van der Waals surface area contributed by atoms with Crippen molar-refractivity contribution < 1.29 is 41.7 Å². The molecule has 0 bridgehead atoms. The van der Waals surface area contributed by atoms with Gasteiger partial charge in [0.05, 0.1) is 0 Å². The topological polar surface area (TPSA) is 131 Å². The van der Waals surface area contributed by atoms with E-state index in [4.69, 9.17) is 0 Å². The molecule has 0 amide bonds. The van der Waals surface area contributed by atoms with Crippen LogP contribution in [0.3, 0.4) is 0 Å². The Morgan fingerprint density at radius 3 is 2.29 bits per heavy atom. The van der Waals surface area contributed by atoms with Crippen LogP contribution in [0.25, 0.3) is 11.0 Å². The Balaban J connectivity index is 1.93. The average Bonchev–Trinajstić information content (AvgIpc) is 2.95. The summed E-state index contributed by atoms with van der Waals surface area (Å²) in [6, 6.07) is 11.8. The Bertz CT molecular complexity index is 1110. The van der Waals surface area contributed by atoms with Crippen molar-refractivity contribution >= 4 is 31.2 Å². The molecule has 0 saturated carbocycles. The van der Waals surface area contributed by atoms with Crippen LogP contribution in [0.5, 0.6) is 0 Å². The van der Waals surface area contributed by atoms with Gasteiger partial charge in [0, 0.05) is 0 Å². The average molecular weight is 462 g/mol. The van der Waals surface area contributed by atoms with Crippen LogP contribution in [0, 0.1) is 0 Å². The van der Waals surface area contributed by atoms with Crippen LogP contribution < -0.4 is 3.13 Å². The van der Waals surface area contributed by atoms with Gasteiger partial charge in [-0.3, -0.25) is 0 Å². The van der Waals surface area contributed by atoms with E-state index in [2.05, 4.69) is 13.4 Å². The van der Waals surface area contributed by atoms with Crippen LogP contribution in [0.1, 0.15) is 0 Å². The van der Waals surface area contributed by atoms with Crippen molar-refractivity contribution in [1.82, 2.24) is 16.5 Å². The Hall–Kier alpha value is -1.60. The van der Waals surface area contributed by atoms with Crippen molar-refractivity contribution in [1.29, 1.82) is 0 Å². The first-order valence-electron chi connectivity index (χ1n) is 6.25. The first kappa shape index (κ1) is 17.2. The minimum absolute atomic E-state index is 0.537. The number of hydrogen-bond acceptors (Lipinski definition) is 6. The molecule has 0 aliphatic heterocycles. The van der Waals surface area contributed by atoms with Crippen LogP contribution in [0.4, 0.5) is 0 Å². The summed E-state index contributed by atoms with van der Waals surface area (Å²) in [5, 5.41) is 7.75. The standard InChI is InChI=1S/C6H4N3.C6H6NO5S2.Ag/c1-2-4-6-5(3-1)7-9-8-6;7-13(8,9)5-3-1-2-4-6(5)14(10,11)12;/h1-4H;1-4H,(H2-,7,8,9,10,11,12);/q2*-1;+2. The zero-order valence-electron chi connectivity index (χ0n) is 11.7. The normalized spacial score (nSPS) is 12.7. The molecule has 1 heterocycles. The molecule has 0 radical (unpaired) electrons. The number of sulfonamides is 1. The summed E-state index contributed by atoms with van der Waals surface area (Å²) >= 11 is -0.555. The van der Waals surface area contributed by atoms with Crippen molar-refractivity contribution in [2.75, 3.05) is 0 Å². The molecule has 2 N–H and O–H groups in total. The zero-order valence-corrected chi connectivity index (χ0v) is 14.8. The van der Waals surface area contributed by atoms with Crippen molar-refractivity contribution in [3.63, 3.8) is 0 Å². The van der Waals surface area contributed by atoms with Gasteiger partial charge < -0.3 is 0 Å². The van der Waals surface area contributed by atoms with Gasteiger partial charge >= 0.3 is 148 Å². The minimum atomic E-state index is -4.67. The van der Waals surface area contributed by atoms with E-state index >= 15 is 0 Å². The number of aromatic nitrogens is 3. The summed E-state index contributed by atoms with van der Waals surface area (Å²) in [5.41, 5.74) is 1.23. The Morgan fingerprint density at radius 1 is 0.958 bits per heavy atom. The maximum atomic E-state index is 12.4. The molecular weight excluding hydrogens is 452 g/mol. The van der Waals surface area contributed by atoms with E-state index < -0.39 is 50.2 Å². The van der Waals surface area contributed by atoms with Gasteiger partial charge in [-0.15, -0.1) is 0 Å². The third-order valence-electron chi connectivity index (χ3n) is 2.88. The van der Waals surface area contributed by atoms with Gasteiger partial charge in [-0.2, -0.15) is 0 Å². The SMILES string of the molecule is O=S(=O)(O)c1ccccc1S(=O)(=O)[NH][Ag][n]1nnc2ccccc21. The third-order valence-corrected chi connectivity index (χ3v) is 7.47. The molecule has 0 fully saturated rings. The number of nitrogens with zero attached hydrogens (tertiary/aromatic N) is 3. The fourth-order valence-electron chi connectivity index (χ4n) is 1.85. The van der Waals surface area contributed by atoms with Crippen LogP contribution in [-0.4, -0.2) is 34.8 Å². The molecule has 0 aliphatic rings. The Kier molecular flexibility index (Phi) is 4.57. The van der Waals surface area contributed by atoms with E-state index in [9.17, 15) is 21.4 Å². The van der Waals surface area contributed by atoms with Crippen molar-refractivity contribution in [3.8, 4) is 0 Å². The Morgan fingerprint density at radius 2 is 1.58 bits per heavy atom. The fraction of sp³-hybridized carbons (Fsp3) is 0. The second-order valence-corrected chi connectivity index (χ2v) is 9.29. The molecule has 3 aromatic rings. The molecule has 0 spiro atoms. The zero-order chi connectivity index (χ0) is 17.4. The summed E-state index contributed by atoms with van der Waals surface area (Å²) in [4.78, 5) is -1.23.